The molecule has 3 nitrogen and oxygen atoms in total. The minimum Gasteiger partial charge on any atom is -0.325 e. The molecule has 0 saturated heterocycles. The van der Waals surface area contributed by atoms with Crippen LogP contribution in [0.3, 0.4) is 0 Å². The molecule has 0 aliphatic carbocycles. The van der Waals surface area contributed by atoms with Crippen LogP contribution in [0, 0.1) is 0 Å². The lowest BCUT2D eigenvalue weighted by Crippen LogP contribution is -2.14. The number of pyridine rings is 1. The van der Waals surface area contributed by atoms with Crippen LogP contribution in [-0.2, 0) is 4.79 Å². The largest absolute Gasteiger partial charge is 0.325 e. The Bertz CT molecular complexity index is 1070. The van der Waals surface area contributed by atoms with E-state index >= 15 is 0 Å². The lowest BCUT2D eigenvalue weighted by molar-refractivity contribution is -0.113. The van der Waals surface area contributed by atoms with Crippen LogP contribution in [0.5, 0.6) is 0 Å². The van der Waals surface area contributed by atoms with Crippen molar-refractivity contribution in [3.05, 3.63) is 91.1 Å². The summed E-state index contributed by atoms with van der Waals surface area (Å²) in [5, 5.41) is 4.13. The molecule has 0 saturated carbocycles. The second-order valence-corrected chi connectivity index (χ2v) is 7.10. The maximum atomic E-state index is 12.6. The molecule has 0 atom stereocenters. The molecule has 1 N–H and O–H groups in total. The first-order valence-electron chi connectivity index (χ1n) is 8.72. The average Bonchev–Trinajstić information content (AvgIpc) is 2.73. The number of nitrogens with one attached hydrogen (secondary N) is 1. The summed E-state index contributed by atoms with van der Waals surface area (Å²) in [5.41, 5.74) is 3.86. The Morgan fingerprint density at radius 1 is 0.852 bits per heavy atom. The van der Waals surface area contributed by atoms with Gasteiger partial charge in [-0.2, -0.15) is 0 Å². The Balaban J connectivity index is 1.49. The summed E-state index contributed by atoms with van der Waals surface area (Å²) >= 11 is 1.50. The second kappa shape index (κ2) is 8.06. The molecule has 1 aromatic heterocycles. The van der Waals surface area contributed by atoms with Crippen molar-refractivity contribution in [1.82, 2.24) is 4.98 Å². The number of aromatic nitrogens is 1. The minimum atomic E-state index is -0.0312. The number of hydrogen-bond acceptors (Lipinski definition) is 3. The van der Waals surface area contributed by atoms with Crippen molar-refractivity contribution in [1.29, 1.82) is 0 Å². The molecule has 0 bridgehead atoms. The zero-order chi connectivity index (χ0) is 18.5. The first kappa shape index (κ1) is 17.3. The summed E-state index contributed by atoms with van der Waals surface area (Å²) in [6.07, 6.45) is 1.78. The first-order chi connectivity index (χ1) is 13.3. The van der Waals surface area contributed by atoms with Crippen molar-refractivity contribution in [2.75, 3.05) is 11.1 Å². The maximum absolute atomic E-state index is 12.6. The minimum absolute atomic E-state index is 0.0312. The highest BCUT2D eigenvalue weighted by molar-refractivity contribution is 8.00. The van der Waals surface area contributed by atoms with Gasteiger partial charge in [-0.15, -0.1) is 11.8 Å². The molecule has 0 spiro atoms. The van der Waals surface area contributed by atoms with Crippen LogP contribution in [0.2, 0.25) is 0 Å². The van der Waals surface area contributed by atoms with Crippen LogP contribution < -0.4 is 5.32 Å². The molecule has 3 aromatic carbocycles. The lowest BCUT2D eigenvalue weighted by Gasteiger charge is -2.11. The van der Waals surface area contributed by atoms with Gasteiger partial charge in [0.05, 0.1) is 11.3 Å². The lowest BCUT2D eigenvalue weighted by atomic mass is 10.0. The fourth-order valence-corrected chi connectivity index (χ4v) is 3.82. The van der Waals surface area contributed by atoms with Gasteiger partial charge in [0.1, 0.15) is 0 Å². The number of fused-ring (bicyclic) bond motifs is 1. The van der Waals surface area contributed by atoms with Crippen LogP contribution in [0.25, 0.3) is 22.0 Å². The normalized spacial score (nSPS) is 10.7. The number of thioether (sulfide) groups is 1. The number of carbonyl (C=O) groups excluding carboxylic acids is 1. The van der Waals surface area contributed by atoms with Crippen LogP contribution in [0.1, 0.15) is 0 Å². The Labute approximate surface area is 162 Å². The monoisotopic (exact) mass is 370 g/mol. The third-order valence-corrected chi connectivity index (χ3v) is 5.29. The quantitative estimate of drug-likeness (QED) is 0.463. The van der Waals surface area contributed by atoms with Gasteiger partial charge in [0.2, 0.25) is 5.91 Å². The van der Waals surface area contributed by atoms with Gasteiger partial charge in [-0.05, 0) is 23.8 Å². The molecule has 4 rings (SSSR count). The summed E-state index contributed by atoms with van der Waals surface area (Å²) in [6, 6.07) is 27.9. The standard InChI is InChI=1S/C23H18N2OS/c26-22(16-27-21-14-6-10-18-11-7-15-24-23(18)21)25-20-13-5-4-12-19(20)17-8-2-1-3-9-17/h1-15H,16H2,(H,25,26). The number of carbonyl (C=O) groups is 1. The Morgan fingerprint density at radius 3 is 2.52 bits per heavy atom. The van der Waals surface area contributed by atoms with Crippen LogP contribution >= 0.6 is 11.8 Å². The van der Waals surface area contributed by atoms with E-state index in [-0.39, 0.29) is 5.91 Å². The predicted octanol–water partition coefficient (Wildman–Crippen LogP) is 5.63. The number of hydrogen-bond donors (Lipinski definition) is 1. The topological polar surface area (TPSA) is 42.0 Å². The number of nitrogens with zero attached hydrogens (tertiary/aromatic N) is 1. The summed E-state index contributed by atoms with van der Waals surface area (Å²) < 4.78 is 0. The zero-order valence-electron chi connectivity index (χ0n) is 14.6. The molecular formula is C23H18N2OS. The van der Waals surface area contributed by atoms with E-state index in [0.29, 0.717) is 5.75 Å². The molecule has 132 valence electrons. The Morgan fingerprint density at radius 2 is 1.63 bits per heavy atom. The molecule has 27 heavy (non-hydrogen) atoms. The predicted molar refractivity (Wildman–Crippen MR) is 113 cm³/mol. The van der Waals surface area contributed by atoms with Crippen molar-refractivity contribution in [3.8, 4) is 11.1 Å². The van der Waals surface area contributed by atoms with Crippen molar-refractivity contribution in [2.24, 2.45) is 0 Å². The molecule has 0 fully saturated rings. The summed E-state index contributed by atoms with van der Waals surface area (Å²) in [6.45, 7) is 0. The van der Waals surface area contributed by atoms with E-state index in [0.717, 1.165) is 32.6 Å². The highest BCUT2D eigenvalue weighted by Gasteiger charge is 2.10. The second-order valence-electron chi connectivity index (χ2n) is 6.08. The number of para-hydroxylation sites is 2. The number of anilines is 1. The summed E-state index contributed by atoms with van der Waals surface area (Å²) in [7, 11) is 0. The van der Waals surface area contributed by atoms with Crippen LogP contribution in [0.15, 0.2) is 96.0 Å². The highest BCUT2D eigenvalue weighted by atomic mass is 32.2. The molecule has 0 aliphatic heterocycles. The van der Waals surface area contributed by atoms with Crippen molar-refractivity contribution < 1.29 is 4.79 Å². The molecule has 4 heteroatoms. The van der Waals surface area contributed by atoms with E-state index in [1.807, 2.05) is 84.9 Å². The molecule has 1 amide bonds. The van der Waals surface area contributed by atoms with Crippen LogP contribution in [-0.4, -0.2) is 16.6 Å². The molecule has 0 radical (unpaired) electrons. The van der Waals surface area contributed by atoms with E-state index in [1.165, 1.54) is 11.8 Å². The summed E-state index contributed by atoms with van der Waals surface area (Å²) in [5.74, 6) is 0.301. The maximum Gasteiger partial charge on any atom is 0.234 e. The third kappa shape index (κ3) is 4.01. The molecule has 0 unspecified atom stereocenters. The molecule has 1 heterocycles. The molecular weight excluding hydrogens is 352 g/mol. The average molecular weight is 370 g/mol. The van der Waals surface area contributed by atoms with Gasteiger partial charge in [-0.1, -0.05) is 66.7 Å². The van der Waals surface area contributed by atoms with E-state index in [2.05, 4.69) is 10.3 Å². The number of benzene rings is 3. The van der Waals surface area contributed by atoms with Gasteiger partial charge in [0, 0.05) is 27.7 Å². The van der Waals surface area contributed by atoms with Gasteiger partial charge in [0.25, 0.3) is 0 Å². The summed E-state index contributed by atoms with van der Waals surface area (Å²) in [4.78, 5) is 18.0. The Hall–Kier alpha value is -3.11. The van der Waals surface area contributed by atoms with Gasteiger partial charge in [-0.3, -0.25) is 9.78 Å². The van der Waals surface area contributed by atoms with E-state index in [1.54, 1.807) is 6.20 Å². The van der Waals surface area contributed by atoms with Crippen molar-refractivity contribution in [3.63, 3.8) is 0 Å². The fourth-order valence-electron chi connectivity index (χ4n) is 2.98. The van der Waals surface area contributed by atoms with Gasteiger partial charge >= 0.3 is 0 Å². The van der Waals surface area contributed by atoms with Crippen LogP contribution in [0.4, 0.5) is 5.69 Å². The molecule has 4 aromatic rings. The number of rotatable bonds is 5. The highest BCUT2D eigenvalue weighted by Crippen LogP contribution is 2.29. The van der Waals surface area contributed by atoms with Gasteiger partial charge < -0.3 is 5.32 Å². The fraction of sp³-hybridized carbons (Fsp3) is 0.0435. The van der Waals surface area contributed by atoms with Gasteiger partial charge in [-0.25, -0.2) is 0 Å². The van der Waals surface area contributed by atoms with E-state index in [9.17, 15) is 4.79 Å². The third-order valence-electron chi connectivity index (χ3n) is 4.24. The Kier molecular flexibility index (Phi) is 5.17. The van der Waals surface area contributed by atoms with Gasteiger partial charge in [0.15, 0.2) is 0 Å². The van der Waals surface area contributed by atoms with E-state index in [4.69, 9.17) is 0 Å². The smallest absolute Gasteiger partial charge is 0.234 e. The van der Waals surface area contributed by atoms with Crippen molar-refractivity contribution in [2.45, 2.75) is 4.90 Å². The molecule has 0 aliphatic rings. The first-order valence-corrected chi connectivity index (χ1v) is 9.71. The van der Waals surface area contributed by atoms with Crippen molar-refractivity contribution >= 4 is 34.3 Å². The SMILES string of the molecule is O=C(CSc1cccc2cccnc12)Nc1ccccc1-c1ccccc1. The number of amides is 1. The van der Waals surface area contributed by atoms with E-state index < -0.39 is 0 Å². The zero-order valence-corrected chi connectivity index (χ0v) is 15.4.